The number of aldehydes is 1. The maximum atomic E-state index is 14.3. The summed E-state index contributed by atoms with van der Waals surface area (Å²) < 4.78 is 25.6. The van der Waals surface area contributed by atoms with Gasteiger partial charge < -0.3 is 19.5 Å². The van der Waals surface area contributed by atoms with Crippen LogP contribution in [0.2, 0.25) is 0 Å². The molecule has 27 heavy (non-hydrogen) atoms. The molecule has 7 heteroatoms. The number of hydrogen-bond donors (Lipinski definition) is 1. The average molecular weight is 381 g/mol. The zero-order valence-corrected chi connectivity index (χ0v) is 16.3. The topological polar surface area (TPSA) is 76.1 Å². The number of anilines is 1. The van der Waals surface area contributed by atoms with Gasteiger partial charge in [0.2, 0.25) is 0 Å². The molecular formula is C20H28FNO5. The minimum Gasteiger partial charge on any atom is -0.481 e. The second kappa shape index (κ2) is 8.25. The van der Waals surface area contributed by atoms with Crippen LogP contribution in [0.4, 0.5) is 10.1 Å². The maximum Gasteiger partial charge on any atom is 0.308 e. The van der Waals surface area contributed by atoms with Crippen LogP contribution in [0.5, 0.6) is 5.75 Å². The first-order valence-electron chi connectivity index (χ1n) is 9.09. The van der Waals surface area contributed by atoms with Gasteiger partial charge in [-0.25, -0.2) is 4.39 Å². The molecule has 1 fully saturated rings. The van der Waals surface area contributed by atoms with Crippen molar-refractivity contribution in [1.29, 1.82) is 0 Å². The highest BCUT2D eigenvalue weighted by Crippen LogP contribution is 2.30. The number of ether oxygens (including phenoxy) is 2. The van der Waals surface area contributed by atoms with Gasteiger partial charge in [-0.1, -0.05) is 0 Å². The number of carbonyl (C=O) groups is 2. The Hall–Kier alpha value is -2.15. The number of carboxylic acids is 1. The molecule has 150 valence electrons. The third kappa shape index (κ3) is 5.92. The van der Waals surface area contributed by atoms with E-state index in [1.165, 1.54) is 12.1 Å². The van der Waals surface area contributed by atoms with Crippen LogP contribution in [0.15, 0.2) is 18.2 Å². The monoisotopic (exact) mass is 381 g/mol. The molecule has 1 aliphatic heterocycles. The van der Waals surface area contributed by atoms with Crippen LogP contribution in [-0.2, 0) is 14.3 Å². The predicted octanol–water partition coefficient (Wildman–Crippen LogP) is 3.28. The summed E-state index contributed by atoms with van der Waals surface area (Å²) in [6.45, 7) is 8.14. The van der Waals surface area contributed by atoms with Crippen LogP contribution in [0, 0.1) is 11.7 Å². The minimum absolute atomic E-state index is 0.0194. The zero-order chi connectivity index (χ0) is 20.2. The number of hydrogen-bond acceptors (Lipinski definition) is 5. The Morgan fingerprint density at radius 2 is 2.07 bits per heavy atom. The van der Waals surface area contributed by atoms with E-state index in [-0.39, 0.29) is 12.4 Å². The van der Waals surface area contributed by atoms with E-state index in [1.807, 2.05) is 25.7 Å². The molecule has 1 unspecified atom stereocenters. The number of rotatable bonds is 7. The van der Waals surface area contributed by atoms with E-state index in [2.05, 4.69) is 0 Å². The van der Waals surface area contributed by atoms with Crippen molar-refractivity contribution in [2.24, 2.45) is 5.92 Å². The lowest BCUT2D eigenvalue weighted by Crippen LogP contribution is -2.42. The van der Waals surface area contributed by atoms with Crippen LogP contribution >= 0.6 is 0 Å². The summed E-state index contributed by atoms with van der Waals surface area (Å²) in [5, 5.41) is 9.25. The lowest BCUT2D eigenvalue weighted by Gasteiger charge is -2.33. The Bertz CT molecular complexity index is 687. The quantitative estimate of drug-likeness (QED) is 0.731. The van der Waals surface area contributed by atoms with Crippen molar-refractivity contribution in [3.8, 4) is 5.75 Å². The molecule has 0 aliphatic carbocycles. The number of carbonyl (C=O) groups excluding carboxylic acids is 1. The molecule has 1 N–H and O–H groups in total. The SMILES string of the molecule is CC(C)(C)OCC(C)(C=O)Oc1cc(N2CCC[C@@H](C(=O)O)C2)ccc1F. The van der Waals surface area contributed by atoms with Crippen LogP contribution in [0.25, 0.3) is 0 Å². The van der Waals surface area contributed by atoms with Gasteiger partial charge in [0.05, 0.1) is 18.1 Å². The molecule has 2 atom stereocenters. The summed E-state index contributed by atoms with van der Waals surface area (Å²) in [5.41, 5.74) is -1.13. The van der Waals surface area contributed by atoms with Crippen molar-refractivity contribution in [3.63, 3.8) is 0 Å². The van der Waals surface area contributed by atoms with Crippen molar-refractivity contribution in [3.05, 3.63) is 24.0 Å². The molecule has 1 aliphatic rings. The third-order valence-electron chi connectivity index (χ3n) is 4.43. The molecule has 0 aromatic heterocycles. The second-order valence-electron chi connectivity index (χ2n) is 8.17. The molecule has 0 radical (unpaired) electrons. The van der Waals surface area contributed by atoms with Crippen molar-refractivity contribution < 1.29 is 28.6 Å². The van der Waals surface area contributed by atoms with Crippen LogP contribution in [0.1, 0.15) is 40.5 Å². The largest absolute Gasteiger partial charge is 0.481 e. The molecule has 1 aromatic rings. The van der Waals surface area contributed by atoms with Crippen molar-refractivity contribution in [2.75, 3.05) is 24.6 Å². The molecule has 6 nitrogen and oxygen atoms in total. The first-order chi connectivity index (χ1) is 12.5. The smallest absolute Gasteiger partial charge is 0.308 e. The molecule has 0 bridgehead atoms. The van der Waals surface area contributed by atoms with Gasteiger partial charge in [-0.05, 0) is 52.7 Å². The van der Waals surface area contributed by atoms with E-state index < -0.39 is 28.9 Å². The summed E-state index contributed by atoms with van der Waals surface area (Å²) in [4.78, 5) is 24.7. The number of carboxylic acid groups (broad SMARTS) is 1. The Morgan fingerprint density at radius 1 is 1.37 bits per heavy atom. The Kier molecular flexibility index (Phi) is 6.46. The minimum atomic E-state index is -1.34. The molecule has 1 saturated heterocycles. The lowest BCUT2D eigenvalue weighted by molar-refractivity contribution is -0.142. The van der Waals surface area contributed by atoms with Gasteiger partial charge >= 0.3 is 5.97 Å². The molecule has 0 amide bonds. The normalized spacial score (nSPS) is 20.0. The van der Waals surface area contributed by atoms with Gasteiger partial charge in [-0.15, -0.1) is 0 Å². The number of halogens is 1. The lowest BCUT2D eigenvalue weighted by atomic mass is 9.98. The molecule has 0 saturated carbocycles. The highest BCUT2D eigenvalue weighted by atomic mass is 19.1. The first-order valence-corrected chi connectivity index (χ1v) is 9.09. The van der Waals surface area contributed by atoms with Crippen molar-refractivity contribution in [1.82, 2.24) is 0 Å². The number of nitrogens with zero attached hydrogens (tertiary/aromatic N) is 1. The van der Waals surface area contributed by atoms with E-state index in [9.17, 15) is 19.1 Å². The highest BCUT2D eigenvalue weighted by molar-refractivity contribution is 5.71. The number of benzene rings is 1. The predicted molar refractivity (Wildman–Crippen MR) is 99.8 cm³/mol. The second-order valence-corrected chi connectivity index (χ2v) is 8.17. The van der Waals surface area contributed by atoms with Crippen LogP contribution < -0.4 is 9.64 Å². The maximum absolute atomic E-state index is 14.3. The molecule has 0 spiro atoms. The zero-order valence-electron chi connectivity index (χ0n) is 16.3. The van der Waals surface area contributed by atoms with Crippen molar-refractivity contribution in [2.45, 2.75) is 51.7 Å². The van der Waals surface area contributed by atoms with E-state index >= 15 is 0 Å². The van der Waals surface area contributed by atoms with Gasteiger partial charge in [-0.3, -0.25) is 9.59 Å². The van der Waals surface area contributed by atoms with Gasteiger partial charge in [0, 0.05) is 24.8 Å². The number of aliphatic carboxylic acids is 1. The van der Waals surface area contributed by atoms with Gasteiger partial charge in [0.1, 0.15) is 0 Å². The summed E-state index contributed by atoms with van der Waals surface area (Å²) in [6.07, 6.45) is 1.98. The molecule has 1 heterocycles. The first kappa shape index (κ1) is 21.2. The van der Waals surface area contributed by atoms with Gasteiger partial charge in [0.25, 0.3) is 0 Å². The van der Waals surface area contributed by atoms with E-state index in [0.29, 0.717) is 31.5 Å². The molecule has 2 rings (SSSR count). The van der Waals surface area contributed by atoms with E-state index in [1.54, 1.807) is 13.0 Å². The summed E-state index contributed by atoms with van der Waals surface area (Å²) in [7, 11) is 0. The van der Waals surface area contributed by atoms with Gasteiger partial charge in [0.15, 0.2) is 23.5 Å². The summed E-state index contributed by atoms with van der Waals surface area (Å²) in [6, 6.07) is 4.37. The summed E-state index contributed by atoms with van der Waals surface area (Å²) >= 11 is 0. The Balaban J connectivity index is 2.18. The summed E-state index contributed by atoms with van der Waals surface area (Å²) in [5.74, 6) is -1.92. The average Bonchev–Trinajstić information content (AvgIpc) is 2.61. The van der Waals surface area contributed by atoms with E-state index in [0.717, 1.165) is 6.42 Å². The fourth-order valence-corrected chi connectivity index (χ4v) is 2.88. The fraction of sp³-hybridized carbons (Fsp3) is 0.600. The highest BCUT2D eigenvalue weighted by Gasteiger charge is 2.31. The molecule has 1 aromatic carbocycles. The van der Waals surface area contributed by atoms with Crippen LogP contribution in [-0.4, -0.2) is 48.3 Å². The standard InChI is InChI=1S/C20H28FNO5/c1-19(2,3)26-13-20(4,12-23)27-17-10-15(7-8-16(17)21)22-9-5-6-14(11-22)18(24)25/h7-8,10,12,14H,5-6,9,11,13H2,1-4H3,(H,24,25)/t14-,20?/m1/s1. The Morgan fingerprint density at radius 3 is 2.67 bits per heavy atom. The Labute approximate surface area is 159 Å². The molecular weight excluding hydrogens is 353 g/mol. The van der Waals surface area contributed by atoms with Gasteiger partial charge in [-0.2, -0.15) is 0 Å². The van der Waals surface area contributed by atoms with Crippen molar-refractivity contribution >= 4 is 17.9 Å². The van der Waals surface area contributed by atoms with Crippen LogP contribution in [0.3, 0.4) is 0 Å². The fourth-order valence-electron chi connectivity index (χ4n) is 2.88. The van der Waals surface area contributed by atoms with E-state index in [4.69, 9.17) is 9.47 Å². The number of piperidine rings is 1. The third-order valence-corrected chi connectivity index (χ3v) is 4.43.